The molecule has 0 bridgehead atoms. The monoisotopic (exact) mass is 489 g/mol. The average molecular weight is 489 g/mol. The molecule has 0 atom stereocenters. The Hall–Kier alpha value is -2.80. The van der Waals surface area contributed by atoms with E-state index in [0.717, 1.165) is 17.8 Å². The number of carbonyl (C=O) groups excluding carboxylic acids is 1. The second-order valence-corrected chi connectivity index (χ2v) is 9.99. The highest BCUT2D eigenvalue weighted by molar-refractivity contribution is 8.00. The van der Waals surface area contributed by atoms with E-state index in [4.69, 9.17) is 0 Å². The van der Waals surface area contributed by atoms with E-state index in [2.05, 4.69) is 0 Å². The lowest BCUT2D eigenvalue weighted by Gasteiger charge is -2.36. The number of hydrogen-bond donors (Lipinski definition) is 0. The molecule has 0 aromatic heterocycles. The standard InChI is InChI=1S/C19H18F3N3O5S2/c20-19(21,22)31-15-6-7-17(16(12-15)25(27)28)32(29,30)13-18(26)24-10-8-23(9-11-24)14-4-2-1-3-5-14/h1-7,12H,8-11,13H2. The first-order valence-corrected chi connectivity index (χ1v) is 11.8. The van der Waals surface area contributed by atoms with E-state index < -0.39 is 59.2 Å². The van der Waals surface area contributed by atoms with E-state index >= 15 is 0 Å². The second-order valence-electron chi connectivity index (χ2n) is 6.90. The highest BCUT2D eigenvalue weighted by atomic mass is 32.2. The van der Waals surface area contributed by atoms with Crippen molar-refractivity contribution in [3.8, 4) is 0 Å². The van der Waals surface area contributed by atoms with Gasteiger partial charge in [-0.2, -0.15) is 13.2 Å². The first kappa shape index (κ1) is 23.9. The average Bonchev–Trinajstić information content (AvgIpc) is 2.73. The zero-order chi connectivity index (χ0) is 23.5. The Balaban J connectivity index is 1.72. The topological polar surface area (TPSA) is 101 Å². The minimum absolute atomic E-state index is 0.270. The van der Waals surface area contributed by atoms with E-state index in [9.17, 15) is 36.5 Å². The Morgan fingerprint density at radius 1 is 1.06 bits per heavy atom. The van der Waals surface area contributed by atoms with Crippen LogP contribution in [-0.4, -0.2) is 61.6 Å². The Kier molecular flexibility index (Phi) is 6.98. The summed E-state index contributed by atoms with van der Waals surface area (Å²) in [7, 11) is -4.45. The van der Waals surface area contributed by atoms with Crippen LogP contribution in [0.1, 0.15) is 0 Å². The molecule has 0 N–H and O–H groups in total. The number of anilines is 1. The fourth-order valence-corrected chi connectivity index (χ4v) is 5.25. The second kappa shape index (κ2) is 9.36. The Bertz CT molecular complexity index is 1100. The maximum atomic E-state index is 12.7. The molecule has 0 radical (unpaired) electrons. The molecule has 1 saturated heterocycles. The van der Waals surface area contributed by atoms with Crippen LogP contribution in [0.4, 0.5) is 24.5 Å². The van der Waals surface area contributed by atoms with Gasteiger partial charge in [-0.25, -0.2) is 8.42 Å². The third-order valence-electron chi connectivity index (χ3n) is 4.76. The molecule has 2 aromatic rings. The zero-order valence-electron chi connectivity index (χ0n) is 16.5. The number of halogens is 3. The molecule has 172 valence electrons. The maximum absolute atomic E-state index is 12.7. The number of hydrogen-bond acceptors (Lipinski definition) is 7. The minimum Gasteiger partial charge on any atom is -0.368 e. The first-order valence-electron chi connectivity index (χ1n) is 9.31. The van der Waals surface area contributed by atoms with Gasteiger partial charge in [0.15, 0.2) is 9.84 Å². The predicted octanol–water partition coefficient (Wildman–Crippen LogP) is 3.33. The number of alkyl halides is 3. The SMILES string of the molecule is O=C(CS(=O)(=O)c1ccc(SC(F)(F)F)cc1[N+](=O)[O-])N1CCN(c2ccccc2)CC1. The van der Waals surface area contributed by atoms with E-state index in [1.165, 1.54) is 4.90 Å². The summed E-state index contributed by atoms with van der Waals surface area (Å²) in [6.07, 6.45) is 0. The molecule has 1 aliphatic rings. The molecular formula is C19H18F3N3O5S2. The summed E-state index contributed by atoms with van der Waals surface area (Å²) in [5, 5.41) is 11.3. The van der Waals surface area contributed by atoms with Crippen molar-refractivity contribution < 1.29 is 31.3 Å². The van der Waals surface area contributed by atoms with Gasteiger partial charge < -0.3 is 9.80 Å². The van der Waals surface area contributed by atoms with Crippen LogP contribution in [0.25, 0.3) is 0 Å². The van der Waals surface area contributed by atoms with Gasteiger partial charge >= 0.3 is 5.51 Å². The van der Waals surface area contributed by atoms with E-state index in [-0.39, 0.29) is 13.1 Å². The van der Waals surface area contributed by atoms with Gasteiger partial charge in [0, 0.05) is 42.8 Å². The summed E-state index contributed by atoms with van der Waals surface area (Å²) < 4.78 is 63.0. The lowest BCUT2D eigenvalue weighted by atomic mass is 10.2. The van der Waals surface area contributed by atoms with Crippen LogP contribution in [-0.2, 0) is 14.6 Å². The number of rotatable bonds is 6. The largest absolute Gasteiger partial charge is 0.446 e. The van der Waals surface area contributed by atoms with Crippen molar-refractivity contribution in [1.82, 2.24) is 4.90 Å². The van der Waals surface area contributed by atoms with Crippen molar-refractivity contribution in [1.29, 1.82) is 0 Å². The fraction of sp³-hybridized carbons (Fsp3) is 0.316. The lowest BCUT2D eigenvalue weighted by Crippen LogP contribution is -2.50. The summed E-state index contributed by atoms with van der Waals surface area (Å²) in [6, 6.07) is 11.6. The van der Waals surface area contributed by atoms with Crippen LogP contribution in [0.15, 0.2) is 58.3 Å². The van der Waals surface area contributed by atoms with Crippen LogP contribution >= 0.6 is 11.8 Å². The molecule has 13 heteroatoms. The number of thioether (sulfide) groups is 1. The number of nitro benzene ring substituents is 1. The van der Waals surface area contributed by atoms with Crippen LogP contribution in [0, 0.1) is 10.1 Å². The van der Waals surface area contributed by atoms with E-state index in [1.807, 2.05) is 35.2 Å². The molecule has 0 unspecified atom stereocenters. The lowest BCUT2D eigenvalue weighted by molar-refractivity contribution is -0.388. The third kappa shape index (κ3) is 5.91. The number of amides is 1. The number of piperazine rings is 1. The first-order chi connectivity index (χ1) is 15.0. The molecule has 2 aromatic carbocycles. The highest BCUT2D eigenvalue weighted by Gasteiger charge is 2.34. The van der Waals surface area contributed by atoms with Gasteiger partial charge in [-0.05, 0) is 36.0 Å². The van der Waals surface area contributed by atoms with E-state index in [0.29, 0.717) is 19.2 Å². The highest BCUT2D eigenvalue weighted by Crippen LogP contribution is 2.39. The summed E-state index contributed by atoms with van der Waals surface area (Å²) in [5.41, 5.74) is -4.72. The zero-order valence-corrected chi connectivity index (χ0v) is 18.1. The van der Waals surface area contributed by atoms with Gasteiger partial charge in [-0.15, -0.1) is 0 Å². The van der Waals surface area contributed by atoms with Crippen molar-refractivity contribution in [3.63, 3.8) is 0 Å². The number of nitrogens with zero attached hydrogens (tertiary/aromatic N) is 3. The Labute approximate surface area is 186 Å². The Morgan fingerprint density at radius 3 is 2.25 bits per heavy atom. The number of carbonyl (C=O) groups is 1. The normalized spacial score (nSPS) is 15.0. The molecule has 0 aliphatic carbocycles. The number of para-hydroxylation sites is 1. The predicted molar refractivity (Wildman–Crippen MR) is 112 cm³/mol. The van der Waals surface area contributed by atoms with Crippen molar-refractivity contribution in [2.24, 2.45) is 0 Å². The number of sulfone groups is 1. The van der Waals surface area contributed by atoms with Crippen LogP contribution in [0.5, 0.6) is 0 Å². The smallest absolute Gasteiger partial charge is 0.368 e. The fourth-order valence-electron chi connectivity index (χ4n) is 3.28. The van der Waals surface area contributed by atoms with Crippen molar-refractivity contribution in [2.75, 3.05) is 36.8 Å². The van der Waals surface area contributed by atoms with E-state index in [1.54, 1.807) is 0 Å². The van der Waals surface area contributed by atoms with Gasteiger partial charge in [0.25, 0.3) is 5.69 Å². The third-order valence-corrected chi connectivity index (χ3v) is 7.13. The number of nitro groups is 1. The minimum atomic E-state index is -4.69. The van der Waals surface area contributed by atoms with Gasteiger partial charge in [0.1, 0.15) is 10.6 Å². The molecular weight excluding hydrogens is 471 g/mol. The van der Waals surface area contributed by atoms with Gasteiger partial charge in [0.05, 0.1) is 4.92 Å². The molecule has 1 aliphatic heterocycles. The molecule has 3 rings (SSSR count). The molecule has 1 fully saturated rings. The molecule has 0 saturated carbocycles. The molecule has 32 heavy (non-hydrogen) atoms. The molecule has 8 nitrogen and oxygen atoms in total. The molecule has 0 spiro atoms. The van der Waals surface area contributed by atoms with Gasteiger partial charge in [0.2, 0.25) is 5.91 Å². The molecule has 1 heterocycles. The van der Waals surface area contributed by atoms with Crippen LogP contribution in [0.2, 0.25) is 0 Å². The maximum Gasteiger partial charge on any atom is 0.446 e. The van der Waals surface area contributed by atoms with Crippen LogP contribution in [0.3, 0.4) is 0 Å². The van der Waals surface area contributed by atoms with Crippen LogP contribution < -0.4 is 4.90 Å². The summed E-state index contributed by atoms with van der Waals surface area (Å²) in [5.74, 6) is -1.73. The summed E-state index contributed by atoms with van der Waals surface area (Å²) in [4.78, 5) is 24.9. The summed E-state index contributed by atoms with van der Waals surface area (Å²) >= 11 is -0.592. The summed E-state index contributed by atoms with van der Waals surface area (Å²) in [6.45, 7) is 1.51. The number of benzene rings is 2. The Morgan fingerprint density at radius 2 is 1.69 bits per heavy atom. The van der Waals surface area contributed by atoms with Gasteiger partial charge in [-0.1, -0.05) is 18.2 Å². The quantitative estimate of drug-likeness (QED) is 0.349. The van der Waals surface area contributed by atoms with Crippen molar-refractivity contribution in [2.45, 2.75) is 15.3 Å². The molecule has 1 amide bonds. The van der Waals surface area contributed by atoms with Crippen molar-refractivity contribution in [3.05, 3.63) is 58.6 Å². The van der Waals surface area contributed by atoms with Crippen molar-refractivity contribution >= 4 is 38.9 Å². The van der Waals surface area contributed by atoms with Gasteiger partial charge in [-0.3, -0.25) is 14.9 Å².